The van der Waals surface area contributed by atoms with Gasteiger partial charge < -0.3 is 5.32 Å². The predicted molar refractivity (Wildman–Crippen MR) is 122 cm³/mol. The monoisotopic (exact) mass is 388 g/mol. The summed E-state index contributed by atoms with van der Waals surface area (Å²) in [5.41, 5.74) is 5.15. The van der Waals surface area contributed by atoms with Gasteiger partial charge in [-0.1, -0.05) is 72.8 Å². The maximum Gasteiger partial charge on any atom is 0.162 e. The van der Waals surface area contributed by atoms with Crippen LogP contribution in [0.1, 0.15) is 5.69 Å². The summed E-state index contributed by atoms with van der Waals surface area (Å²) in [6, 6.07) is 32.6. The van der Waals surface area contributed by atoms with Crippen LogP contribution in [0.5, 0.6) is 0 Å². The second-order valence-electron chi connectivity index (χ2n) is 7.00. The molecule has 1 N–H and O–H groups in total. The molecule has 0 aliphatic heterocycles. The topological polar surface area (TPSA) is 50.7 Å². The first-order chi connectivity index (χ1) is 14.9. The fourth-order valence-corrected chi connectivity index (χ4v) is 3.56. The van der Waals surface area contributed by atoms with Crippen molar-refractivity contribution in [1.29, 1.82) is 0 Å². The van der Waals surface area contributed by atoms with Gasteiger partial charge in [-0.3, -0.25) is 4.98 Å². The number of nitrogens with zero attached hydrogens (tertiary/aromatic N) is 3. The van der Waals surface area contributed by atoms with Crippen LogP contribution >= 0.6 is 0 Å². The Labute approximate surface area is 175 Å². The molecule has 2 heterocycles. The number of hydrogen-bond donors (Lipinski definition) is 1. The van der Waals surface area contributed by atoms with Crippen LogP contribution in [0.3, 0.4) is 0 Å². The zero-order valence-corrected chi connectivity index (χ0v) is 16.4. The van der Waals surface area contributed by atoms with Gasteiger partial charge in [-0.15, -0.1) is 0 Å². The number of fused-ring (bicyclic) bond motifs is 1. The minimum Gasteiger partial charge on any atom is -0.364 e. The Bertz CT molecular complexity index is 1280. The highest BCUT2D eigenvalue weighted by Gasteiger charge is 2.13. The van der Waals surface area contributed by atoms with Crippen molar-refractivity contribution in [3.63, 3.8) is 0 Å². The second-order valence-corrected chi connectivity index (χ2v) is 7.00. The van der Waals surface area contributed by atoms with Crippen molar-refractivity contribution in [2.45, 2.75) is 6.54 Å². The highest BCUT2D eigenvalue weighted by molar-refractivity contribution is 5.92. The highest BCUT2D eigenvalue weighted by Crippen LogP contribution is 2.32. The number of benzene rings is 3. The molecule has 0 amide bonds. The molecule has 5 rings (SSSR count). The average Bonchev–Trinajstić information content (AvgIpc) is 2.83. The summed E-state index contributed by atoms with van der Waals surface area (Å²) in [7, 11) is 0. The fourth-order valence-electron chi connectivity index (χ4n) is 3.56. The van der Waals surface area contributed by atoms with E-state index >= 15 is 0 Å². The largest absolute Gasteiger partial charge is 0.364 e. The number of rotatable bonds is 5. The lowest BCUT2D eigenvalue weighted by molar-refractivity contribution is 1.03. The quantitative estimate of drug-likeness (QED) is 0.403. The van der Waals surface area contributed by atoms with Crippen LogP contribution in [0.25, 0.3) is 33.4 Å². The van der Waals surface area contributed by atoms with E-state index in [0.717, 1.165) is 39.1 Å². The predicted octanol–water partition coefficient (Wildman–Crippen LogP) is 5.97. The molecule has 0 aliphatic carbocycles. The molecule has 4 nitrogen and oxygen atoms in total. The van der Waals surface area contributed by atoms with Crippen molar-refractivity contribution in [3.05, 3.63) is 109 Å². The normalized spacial score (nSPS) is 10.8. The summed E-state index contributed by atoms with van der Waals surface area (Å²) in [6.07, 6.45) is 1.80. The van der Waals surface area contributed by atoms with Crippen molar-refractivity contribution in [2.75, 3.05) is 5.32 Å². The van der Waals surface area contributed by atoms with Crippen molar-refractivity contribution in [1.82, 2.24) is 15.0 Å². The van der Waals surface area contributed by atoms with Gasteiger partial charge in [0.2, 0.25) is 0 Å². The smallest absolute Gasteiger partial charge is 0.162 e. The van der Waals surface area contributed by atoms with E-state index in [1.54, 1.807) is 6.20 Å². The molecule has 0 atom stereocenters. The van der Waals surface area contributed by atoms with Crippen molar-refractivity contribution < 1.29 is 0 Å². The molecule has 4 heteroatoms. The minimum absolute atomic E-state index is 0.599. The second kappa shape index (κ2) is 8.13. The van der Waals surface area contributed by atoms with Crippen molar-refractivity contribution in [2.24, 2.45) is 0 Å². The molecule has 0 bridgehead atoms. The first-order valence-electron chi connectivity index (χ1n) is 9.94. The van der Waals surface area contributed by atoms with Gasteiger partial charge in [0.1, 0.15) is 5.82 Å². The van der Waals surface area contributed by atoms with E-state index in [1.807, 2.05) is 72.8 Å². The molecule has 144 valence electrons. The molecule has 0 saturated carbocycles. The summed E-state index contributed by atoms with van der Waals surface area (Å²) >= 11 is 0. The van der Waals surface area contributed by atoms with E-state index < -0.39 is 0 Å². The van der Waals surface area contributed by atoms with Gasteiger partial charge in [-0.05, 0) is 35.4 Å². The van der Waals surface area contributed by atoms with E-state index in [1.165, 1.54) is 0 Å². The minimum atomic E-state index is 0.599. The van der Waals surface area contributed by atoms with Gasteiger partial charge in [0, 0.05) is 17.1 Å². The maximum atomic E-state index is 4.92. The highest BCUT2D eigenvalue weighted by atomic mass is 15.0. The number of anilines is 1. The number of nitrogens with one attached hydrogen (secondary N) is 1. The lowest BCUT2D eigenvalue weighted by Gasteiger charge is -2.13. The third kappa shape index (κ3) is 3.63. The molecule has 0 aliphatic rings. The van der Waals surface area contributed by atoms with Gasteiger partial charge in [0.05, 0.1) is 17.8 Å². The van der Waals surface area contributed by atoms with Gasteiger partial charge in [0.25, 0.3) is 0 Å². The van der Waals surface area contributed by atoms with Crippen LogP contribution < -0.4 is 5.32 Å². The average molecular weight is 388 g/mol. The fraction of sp³-hybridized carbons (Fsp3) is 0.0385. The SMILES string of the molecule is c1ccc(-c2ccccc2-c2nc(NCc3ccccn3)c3ccccc3n2)cc1. The zero-order chi connectivity index (χ0) is 20.2. The Morgan fingerprint density at radius 3 is 2.20 bits per heavy atom. The number of para-hydroxylation sites is 1. The summed E-state index contributed by atoms with van der Waals surface area (Å²) in [6.45, 7) is 0.599. The first-order valence-corrected chi connectivity index (χ1v) is 9.94. The molecule has 2 aromatic heterocycles. The lowest BCUT2D eigenvalue weighted by atomic mass is 9.99. The molecule has 3 aromatic carbocycles. The number of hydrogen-bond acceptors (Lipinski definition) is 4. The van der Waals surface area contributed by atoms with Crippen LogP contribution in [-0.2, 0) is 6.54 Å². The van der Waals surface area contributed by atoms with Crippen LogP contribution in [0.2, 0.25) is 0 Å². The Balaban J connectivity index is 1.61. The lowest BCUT2D eigenvalue weighted by Crippen LogP contribution is -2.05. The van der Waals surface area contributed by atoms with Crippen LogP contribution in [0, 0.1) is 0 Å². The van der Waals surface area contributed by atoms with Gasteiger partial charge in [-0.2, -0.15) is 0 Å². The summed E-state index contributed by atoms with van der Waals surface area (Å²) in [5.74, 6) is 1.51. The van der Waals surface area contributed by atoms with E-state index in [0.29, 0.717) is 12.4 Å². The van der Waals surface area contributed by atoms with E-state index in [4.69, 9.17) is 9.97 Å². The molecule has 0 radical (unpaired) electrons. The molecule has 5 aromatic rings. The van der Waals surface area contributed by atoms with E-state index in [-0.39, 0.29) is 0 Å². The van der Waals surface area contributed by atoms with Gasteiger partial charge >= 0.3 is 0 Å². The van der Waals surface area contributed by atoms with Crippen LogP contribution in [0.15, 0.2) is 103 Å². The molecular formula is C26H20N4. The first kappa shape index (κ1) is 18.0. The number of pyridine rings is 1. The Kier molecular flexibility index (Phi) is 4.88. The van der Waals surface area contributed by atoms with Crippen molar-refractivity contribution >= 4 is 16.7 Å². The van der Waals surface area contributed by atoms with Gasteiger partial charge in [0.15, 0.2) is 5.82 Å². The van der Waals surface area contributed by atoms with Crippen molar-refractivity contribution in [3.8, 4) is 22.5 Å². The summed E-state index contributed by atoms with van der Waals surface area (Å²) in [4.78, 5) is 14.2. The Morgan fingerprint density at radius 1 is 0.633 bits per heavy atom. The van der Waals surface area contributed by atoms with Crippen LogP contribution in [0.4, 0.5) is 5.82 Å². The molecule has 0 saturated heterocycles. The third-order valence-corrected chi connectivity index (χ3v) is 5.02. The Hall–Kier alpha value is -4.05. The van der Waals surface area contributed by atoms with Gasteiger partial charge in [-0.25, -0.2) is 9.97 Å². The molecular weight excluding hydrogens is 368 g/mol. The third-order valence-electron chi connectivity index (χ3n) is 5.02. The van der Waals surface area contributed by atoms with E-state index in [2.05, 4.69) is 34.6 Å². The van der Waals surface area contributed by atoms with Crippen LogP contribution in [-0.4, -0.2) is 15.0 Å². The molecule has 0 unspecified atom stereocenters. The molecule has 30 heavy (non-hydrogen) atoms. The zero-order valence-electron chi connectivity index (χ0n) is 16.4. The Morgan fingerprint density at radius 2 is 1.37 bits per heavy atom. The molecule has 0 spiro atoms. The standard InChI is InChI=1S/C26H20N4/c1-2-10-19(11-3-1)21-13-4-5-14-22(21)26-29-24-16-7-6-15-23(24)25(30-26)28-18-20-12-8-9-17-27-20/h1-17H,18H2,(H,28,29,30). The summed E-state index contributed by atoms with van der Waals surface area (Å²) in [5, 5.41) is 4.45. The van der Waals surface area contributed by atoms with E-state index in [9.17, 15) is 0 Å². The molecule has 0 fully saturated rings. The number of aromatic nitrogens is 3. The maximum absolute atomic E-state index is 4.92. The summed E-state index contributed by atoms with van der Waals surface area (Å²) < 4.78 is 0.